The number of hydrogen-bond acceptors (Lipinski definition) is 7. The van der Waals surface area contributed by atoms with E-state index in [2.05, 4.69) is 24.4 Å². The van der Waals surface area contributed by atoms with E-state index < -0.39 is 17.6 Å². The van der Waals surface area contributed by atoms with Gasteiger partial charge in [0.25, 0.3) is 5.91 Å². The number of nitrogens with zero attached hydrogens (tertiary/aromatic N) is 4. The topological polar surface area (TPSA) is 80.2 Å². The minimum absolute atomic E-state index is 0.157. The van der Waals surface area contributed by atoms with Crippen LogP contribution in [0.3, 0.4) is 0 Å². The average Bonchev–Trinajstić information content (AvgIpc) is 3.40. The number of rotatable bonds is 6. The summed E-state index contributed by atoms with van der Waals surface area (Å²) in [6.45, 7) is 0.773. The molecule has 0 radical (unpaired) electrons. The smallest absolute Gasteiger partial charge is 0.420 e. The molecule has 4 rings (SSSR count). The monoisotopic (exact) mass is 469 g/mol. The van der Waals surface area contributed by atoms with Gasteiger partial charge in [0.05, 0.1) is 12.1 Å². The summed E-state index contributed by atoms with van der Waals surface area (Å²) >= 11 is 5.82. The first-order valence-corrected chi connectivity index (χ1v) is 10.3. The number of hydrogen-bond donors (Lipinski definition) is 1. The van der Waals surface area contributed by atoms with Crippen molar-refractivity contribution in [1.29, 1.82) is 0 Å². The Hall–Kier alpha value is -2.92. The van der Waals surface area contributed by atoms with E-state index in [1.807, 2.05) is 4.90 Å². The van der Waals surface area contributed by atoms with Gasteiger partial charge in [0.1, 0.15) is 29.8 Å². The van der Waals surface area contributed by atoms with Crippen molar-refractivity contribution in [3.8, 4) is 16.5 Å². The maximum atomic E-state index is 13.6. The van der Waals surface area contributed by atoms with Crippen molar-refractivity contribution in [3.63, 3.8) is 0 Å². The molecule has 1 unspecified atom stereocenters. The molecular weight excluding hydrogens is 455 g/mol. The number of aromatic nitrogens is 3. The van der Waals surface area contributed by atoms with Gasteiger partial charge in [-0.2, -0.15) is 4.37 Å². The van der Waals surface area contributed by atoms with Crippen LogP contribution in [0.2, 0.25) is 0 Å². The number of ether oxygens (including phenoxy) is 1. The molecule has 0 aliphatic carbocycles. The molecule has 2 aromatic heterocycles. The van der Waals surface area contributed by atoms with Crippen molar-refractivity contribution in [1.82, 2.24) is 14.3 Å². The molecule has 1 saturated heterocycles. The van der Waals surface area contributed by atoms with E-state index in [0.29, 0.717) is 35.2 Å². The van der Waals surface area contributed by atoms with E-state index in [9.17, 15) is 18.0 Å². The largest absolute Gasteiger partial charge is 0.487 e. The Morgan fingerprint density at radius 2 is 2.03 bits per heavy atom. The summed E-state index contributed by atoms with van der Waals surface area (Å²) < 4.78 is 47.2. The molecule has 0 saturated carbocycles. The van der Waals surface area contributed by atoms with E-state index in [0.717, 1.165) is 11.5 Å². The van der Waals surface area contributed by atoms with Crippen LogP contribution in [-0.4, -0.2) is 45.1 Å². The molecule has 1 aromatic carbocycles. The zero-order valence-electron chi connectivity index (χ0n) is 15.8. The van der Waals surface area contributed by atoms with Crippen LogP contribution in [0, 0.1) is 0 Å². The summed E-state index contributed by atoms with van der Waals surface area (Å²) in [4.78, 5) is 23.4. The molecule has 1 aliphatic rings. The summed E-state index contributed by atoms with van der Waals surface area (Å²) in [7, 11) is 0. The fourth-order valence-electron chi connectivity index (χ4n) is 3.11. The number of pyridine rings is 1. The first-order chi connectivity index (χ1) is 14.8. The van der Waals surface area contributed by atoms with Gasteiger partial charge in [-0.1, -0.05) is 0 Å². The van der Waals surface area contributed by atoms with E-state index in [-0.39, 0.29) is 17.9 Å². The highest BCUT2D eigenvalue weighted by molar-refractivity contribution is 7.09. The van der Waals surface area contributed by atoms with E-state index in [1.54, 1.807) is 12.1 Å². The first-order valence-electron chi connectivity index (χ1n) is 9.13. The third kappa shape index (κ3) is 5.23. The van der Waals surface area contributed by atoms with Gasteiger partial charge in [-0.15, -0.1) is 8.78 Å². The number of alkyl halides is 4. The van der Waals surface area contributed by atoms with Gasteiger partial charge in [-0.25, -0.2) is 14.4 Å². The maximum absolute atomic E-state index is 13.6. The van der Waals surface area contributed by atoms with Crippen LogP contribution in [-0.2, 0) is 0 Å². The Morgan fingerprint density at radius 1 is 1.26 bits per heavy atom. The third-order valence-electron chi connectivity index (χ3n) is 4.49. The first kappa shape index (κ1) is 21.3. The van der Waals surface area contributed by atoms with Gasteiger partial charge < -0.3 is 15.0 Å². The van der Waals surface area contributed by atoms with Crippen LogP contribution in [0.1, 0.15) is 16.8 Å². The molecule has 162 valence electrons. The fourth-order valence-corrected chi connectivity index (χ4v) is 3.73. The molecule has 1 N–H and O–H groups in total. The lowest BCUT2D eigenvalue weighted by Gasteiger charge is -2.18. The van der Waals surface area contributed by atoms with Crippen LogP contribution in [0.25, 0.3) is 10.7 Å². The Morgan fingerprint density at radius 3 is 2.65 bits per heavy atom. The van der Waals surface area contributed by atoms with Gasteiger partial charge in [0, 0.05) is 23.8 Å². The summed E-state index contributed by atoms with van der Waals surface area (Å²) in [5, 5.41) is 3.12. The normalized spacial score (nSPS) is 16.4. The van der Waals surface area contributed by atoms with Crippen LogP contribution in [0.4, 0.5) is 24.7 Å². The highest BCUT2D eigenvalue weighted by Gasteiger charge is 2.28. The SMILES string of the molecule is O=C(Nc1ccc(OC(F)(F)Cl)cc1)c1ccc(N2CCC(F)C2)nc1-c1ncns1. The summed E-state index contributed by atoms with van der Waals surface area (Å²) in [5.41, 5.74) is -2.92. The molecule has 31 heavy (non-hydrogen) atoms. The van der Waals surface area contributed by atoms with Gasteiger partial charge in [0.2, 0.25) is 0 Å². The zero-order chi connectivity index (χ0) is 22.0. The van der Waals surface area contributed by atoms with E-state index >= 15 is 0 Å². The van der Waals surface area contributed by atoms with Gasteiger partial charge in [-0.05, 0) is 54.4 Å². The quantitative estimate of drug-likeness (QED) is 0.533. The number of halogens is 4. The minimum atomic E-state index is -3.83. The lowest BCUT2D eigenvalue weighted by molar-refractivity contribution is -0.0964. The number of carbonyl (C=O) groups is 1. The standard InChI is InChI=1S/C19H15ClF3N5O2S/c20-19(22,23)30-13-3-1-12(2-4-13)26-17(29)14-5-6-15(28-8-7-11(21)9-28)27-16(14)18-24-10-25-31-18/h1-6,10-11H,7-9H2,(H,26,29). The molecular formula is C19H15ClF3N5O2S. The zero-order valence-corrected chi connectivity index (χ0v) is 17.3. The predicted molar refractivity (Wildman–Crippen MR) is 111 cm³/mol. The number of nitrogens with one attached hydrogen (secondary N) is 1. The summed E-state index contributed by atoms with van der Waals surface area (Å²) in [5.74, 6) is -0.0915. The predicted octanol–water partition coefficient (Wildman–Crippen LogP) is 4.57. The molecule has 3 aromatic rings. The number of benzene rings is 1. The fraction of sp³-hybridized carbons (Fsp3) is 0.263. The molecule has 1 fully saturated rings. The molecule has 0 spiro atoms. The average molecular weight is 470 g/mol. The summed E-state index contributed by atoms with van der Waals surface area (Å²) in [6.07, 6.45) is 0.864. The second-order valence-corrected chi connectivity index (χ2v) is 7.89. The second kappa shape index (κ2) is 8.67. The van der Waals surface area contributed by atoms with E-state index in [4.69, 9.17) is 11.6 Å². The van der Waals surface area contributed by atoms with Crippen molar-refractivity contribution in [2.45, 2.75) is 18.2 Å². The van der Waals surface area contributed by atoms with Crippen molar-refractivity contribution in [3.05, 3.63) is 48.3 Å². The van der Waals surface area contributed by atoms with Gasteiger partial charge in [-0.3, -0.25) is 4.79 Å². The lowest BCUT2D eigenvalue weighted by atomic mass is 10.1. The highest BCUT2D eigenvalue weighted by atomic mass is 35.5. The Balaban J connectivity index is 1.57. The van der Waals surface area contributed by atoms with E-state index in [1.165, 1.54) is 30.6 Å². The van der Waals surface area contributed by atoms with Crippen molar-refractivity contribution >= 4 is 40.5 Å². The molecule has 1 amide bonds. The molecule has 0 bridgehead atoms. The Kier molecular flexibility index (Phi) is 5.96. The van der Waals surface area contributed by atoms with Gasteiger partial charge in [0.15, 0.2) is 5.01 Å². The highest BCUT2D eigenvalue weighted by Crippen LogP contribution is 2.29. The Labute approximate surface area is 184 Å². The number of amides is 1. The summed E-state index contributed by atoms with van der Waals surface area (Å²) in [6, 6.07) is 8.53. The van der Waals surface area contributed by atoms with Crippen LogP contribution < -0.4 is 15.0 Å². The van der Waals surface area contributed by atoms with Crippen molar-refractivity contribution < 1.29 is 22.7 Å². The minimum Gasteiger partial charge on any atom is -0.420 e. The number of anilines is 2. The molecule has 1 atom stereocenters. The van der Waals surface area contributed by atoms with Crippen LogP contribution >= 0.6 is 23.1 Å². The van der Waals surface area contributed by atoms with Crippen molar-refractivity contribution in [2.75, 3.05) is 23.3 Å². The van der Waals surface area contributed by atoms with Crippen LogP contribution in [0.15, 0.2) is 42.7 Å². The number of carbonyl (C=O) groups excluding carboxylic acids is 1. The van der Waals surface area contributed by atoms with Gasteiger partial charge >= 0.3 is 5.57 Å². The van der Waals surface area contributed by atoms with Crippen LogP contribution in [0.5, 0.6) is 5.75 Å². The second-order valence-electron chi connectivity index (χ2n) is 6.67. The third-order valence-corrected chi connectivity index (χ3v) is 5.24. The Bertz CT molecular complexity index is 1060. The molecule has 3 heterocycles. The molecule has 12 heteroatoms. The lowest BCUT2D eigenvalue weighted by Crippen LogP contribution is -2.22. The molecule has 1 aliphatic heterocycles. The van der Waals surface area contributed by atoms with Crippen molar-refractivity contribution in [2.24, 2.45) is 0 Å². The molecule has 7 nitrogen and oxygen atoms in total. The maximum Gasteiger partial charge on any atom is 0.487 e.